The normalized spacial score (nSPS) is 11.9. The van der Waals surface area contributed by atoms with Gasteiger partial charge in [-0.05, 0) is 47.5 Å². The van der Waals surface area contributed by atoms with Gasteiger partial charge in [0.1, 0.15) is 0 Å². The second-order valence-electron chi connectivity index (χ2n) is 14.4. The number of thiophene rings is 1. The maximum absolute atomic E-state index is 5.36. The minimum Gasteiger partial charge on any atom is -0.308 e. The Kier molecular flexibility index (Phi) is 7.03. The van der Waals surface area contributed by atoms with Crippen LogP contribution >= 0.6 is 11.3 Å². The number of aromatic nitrogens is 5. The molecule has 12 aromatic rings. The lowest BCUT2D eigenvalue weighted by Gasteiger charge is -2.11. The lowest BCUT2D eigenvalue weighted by atomic mass is 10.0. The number of hydrogen-bond acceptors (Lipinski definition) is 4. The van der Waals surface area contributed by atoms with Crippen molar-refractivity contribution in [3.05, 3.63) is 188 Å². The van der Waals surface area contributed by atoms with Crippen LogP contribution in [0.15, 0.2) is 188 Å². The van der Waals surface area contributed by atoms with E-state index in [0.29, 0.717) is 17.6 Å². The minimum atomic E-state index is 0.587. The Hall–Kier alpha value is -7.41. The molecule has 12 rings (SSSR count). The van der Waals surface area contributed by atoms with E-state index in [4.69, 9.17) is 15.0 Å². The second kappa shape index (κ2) is 12.6. The quantitative estimate of drug-likeness (QED) is 0.176. The van der Waals surface area contributed by atoms with Crippen LogP contribution in [-0.2, 0) is 0 Å². The Labute approximate surface area is 331 Å². The Balaban J connectivity index is 1.13. The maximum atomic E-state index is 5.36. The van der Waals surface area contributed by atoms with Crippen LogP contribution in [0.1, 0.15) is 0 Å². The van der Waals surface area contributed by atoms with Gasteiger partial charge in [0.15, 0.2) is 11.6 Å². The minimum absolute atomic E-state index is 0.587. The third-order valence-electron chi connectivity index (χ3n) is 11.2. The molecule has 6 heteroatoms. The summed E-state index contributed by atoms with van der Waals surface area (Å²) >= 11 is 1.82. The van der Waals surface area contributed by atoms with Gasteiger partial charge in [-0.15, -0.1) is 11.3 Å². The van der Waals surface area contributed by atoms with Gasteiger partial charge >= 0.3 is 0 Å². The molecule has 0 spiro atoms. The van der Waals surface area contributed by atoms with Gasteiger partial charge in [0.2, 0.25) is 5.95 Å². The van der Waals surface area contributed by atoms with Crippen LogP contribution in [0.25, 0.3) is 109 Å². The average Bonchev–Trinajstić information content (AvgIpc) is 3.95. The topological polar surface area (TPSA) is 48.5 Å². The fourth-order valence-electron chi connectivity index (χ4n) is 8.62. The van der Waals surface area contributed by atoms with E-state index in [2.05, 4.69) is 191 Å². The zero-order valence-corrected chi connectivity index (χ0v) is 31.4. The van der Waals surface area contributed by atoms with Crippen LogP contribution in [0.5, 0.6) is 0 Å². The first kappa shape index (κ1) is 31.9. The molecule has 0 amide bonds. The van der Waals surface area contributed by atoms with Gasteiger partial charge in [-0.1, -0.05) is 152 Å². The van der Waals surface area contributed by atoms with Crippen molar-refractivity contribution >= 4 is 75.1 Å². The molecule has 0 aliphatic rings. The van der Waals surface area contributed by atoms with Crippen molar-refractivity contribution < 1.29 is 0 Å². The third-order valence-corrected chi connectivity index (χ3v) is 12.5. The van der Waals surface area contributed by atoms with E-state index in [9.17, 15) is 0 Å². The first-order valence-corrected chi connectivity index (χ1v) is 19.9. The van der Waals surface area contributed by atoms with Gasteiger partial charge in [0.25, 0.3) is 0 Å². The lowest BCUT2D eigenvalue weighted by molar-refractivity contribution is 0.954. The molecule has 0 saturated heterocycles. The molecule has 0 bridgehead atoms. The molecule has 266 valence electrons. The molecule has 0 radical (unpaired) electrons. The van der Waals surface area contributed by atoms with Gasteiger partial charge < -0.3 is 4.57 Å². The number of fused-ring (bicyclic) bond motifs is 10. The average molecular weight is 746 g/mol. The van der Waals surface area contributed by atoms with Crippen LogP contribution in [-0.4, -0.2) is 24.1 Å². The molecule has 57 heavy (non-hydrogen) atoms. The van der Waals surface area contributed by atoms with E-state index in [1.54, 1.807) is 0 Å². The van der Waals surface area contributed by atoms with E-state index in [0.717, 1.165) is 48.9 Å². The standard InChI is InChI=1S/C51H31N5S/c1-3-14-32(15-4-1)33-26-28-34(29-27-33)49-52-50(54-51(53-49)56-44-24-11-7-18-36(44)37-19-8-12-25-45(37)56)42-22-13-21-40-41-31-30-39-38-20-9-10-23-43(38)55(35-16-5-2-6-17-35)46(39)48(41)57-47(40)42/h1-31H. The molecule has 0 atom stereocenters. The van der Waals surface area contributed by atoms with Crippen LogP contribution in [0.2, 0.25) is 0 Å². The molecular formula is C51H31N5S. The summed E-state index contributed by atoms with van der Waals surface area (Å²) in [6, 6.07) is 66.5. The van der Waals surface area contributed by atoms with Crippen molar-refractivity contribution in [2.45, 2.75) is 0 Å². The SMILES string of the molecule is c1ccc(-c2ccc(-c3nc(-c4cccc5c4sc4c5ccc5c6ccccc6n(-c6ccccc6)c54)nc(-n4c5ccccc5c5ccccc54)n3)cc2)cc1. The number of para-hydroxylation sites is 4. The van der Waals surface area contributed by atoms with Crippen LogP contribution in [0.3, 0.4) is 0 Å². The van der Waals surface area contributed by atoms with E-state index < -0.39 is 0 Å². The Morgan fingerprint density at radius 3 is 1.54 bits per heavy atom. The zero-order valence-electron chi connectivity index (χ0n) is 30.5. The van der Waals surface area contributed by atoms with E-state index in [1.165, 1.54) is 42.8 Å². The Bertz CT molecular complexity index is 3450. The van der Waals surface area contributed by atoms with Crippen LogP contribution < -0.4 is 0 Å². The highest BCUT2D eigenvalue weighted by atomic mass is 32.1. The third kappa shape index (κ3) is 4.91. The fourth-order valence-corrected chi connectivity index (χ4v) is 9.97. The van der Waals surface area contributed by atoms with E-state index in [-0.39, 0.29) is 0 Å². The highest BCUT2D eigenvalue weighted by molar-refractivity contribution is 7.27. The number of hydrogen-bond donors (Lipinski definition) is 0. The lowest BCUT2D eigenvalue weighted by Crippen LogP contribution is -2.06. The Morgan fingerprint density at radius 1 is 0.333 bits per heavy atom. The predicted octanol–water partition coefficient (Wildman–Crippen LogP) is 13.4. The molecule has 0 aliphatic carbocycles. The smallest absolute Gasteiger partial charge is 0.238 e. The molecule has 5 nitrogen and oxygen atoms in total. The maximum Gasteiger partial charge on any atom is 0.238 e. The summed E-state index contributed by atoms with van der Waals surface area (Å²) in [5.41, 5.74) is 9.88. The first-order valence-electron chi connectivity index (χ1n) is 19.1. The second-order valence-corrected chi connectivity index (χ2v) is 15.4. The number of benzene rings is 8. The van der Waals surface area contributed by atoms with Gasteiger partial charge in [-0.3, -0.25) is 4.57 Å². The summed E-state index contributed by atoms with van der Waals surface area (Å²) in [7, 11) is 0. The molecule has 0 unspecified atom stereocenters. The molecule has 0 N–H and O–H groups in total. The van der Waals surface area contributed by atoms with Crippen molar-refractivity contribution in [2.24, 2.45) is 0 Å². The molecule has 0 saturated carbocycles. The molecule has 4 heterocycles. The largest absolute Gasteiger partial charge is 0.308 e. The van der Waals surface area contributed by atoms with Crippen LogP contribution in [0.4, 0.5) is 0 Å². The highest BCUT2D eigenvalue weighted by Crippen LogP contribution is 2.45. The van der Waals surface area contributed by atoms with Crippen molar-refractivity contribution in [1.29, 1.82) is 0 Å². The Morgan fingerprint density at radius 2 is 0.842 bits per heavy atom. The molecule has 8 aromatic carbocycles. The molecule has 0 aliphatic heterocycles. The summed E-state index contributed by atoms with van der Waals surface area (Å²) in [6.07, 6.45) is 0. The zero-order chi connectivity index (χ0) is 37.5. The fraction of sp³-hybridized carbons (Fsp3) is 0. The summed E-state index contributed by atoms with van der Waals surface area (Å²) in [5.74, 6) is 1.85. The van der Waals surface area contributed by atoms with Crippen molar-refractivity contribution in [3.8, 4) is 45.5 Å². The number of nitrogens with zero attached hydrogens (tertiary/aromatic N) is 5. The molecular weight excluding hydrogens is 715 g/mol. The van der Waals surface area contributed by atoms with Crippen LogP contribution in [0, 0.1) is 0 Å². The highest BCUT2D eigenvalue weighted by Gasteiger charge is 2.22. The molecule has 4 aromatic heterocycles. The van der Waals surface area contributed by atoms with Gasteiger partial charge in [0, 0.05) is 53.8 Å². The van der Waals surface area contributed by atoms with Crippen molar-refractivity contribution in [1.82, 2.24) is 24.1 Å². The first-order chi connectivity index (χ1) is 28.3. The summed E-state index contributed by atoms with van der Waals surface area (Å²) < 4.78 is 6.99. The van der Waals surface area contributed by atoms with E-state index >= 15 is 0 Å². The monoisotopic (exact) mass is 745 g/mol. The summed E-state index contributed by atoms with van der Waals surface area (Å²) in [6.45, 7) is 0. The number of rotatable bonds is 5. The summed E-state index contributed by atoms with van der Waals surface area (Å²) in [4.78, 5) is 15.9. The van der Waals surface area contributed by atoms with E-state index in [1.807, 2.05) is 17.4 Å². The predicted molar refractivity (Wildman–Crippen MR) is 238 cm³/mol. The van der Waals surface area contributed by atoms with Crippen molar-refractivity contribution in [3.63, 3.8) is 0 Å². The van der Waals surface area contributed by atoms with Crippen molar-refractivity contribution in [2.75, 3.05) is 0 Å². The van der Waals surface area contributed by atoms with Gasteiger partial charge in [-0.25, -0.2) is 4.98 Å². The summed E-state index contributed by atoms with van der Waals surface area (Å²) in [5, 5.41) is 7.21. The van der Waals surface area contributed by atoms with Gasteiger partial charge in [-0.2, -0.15) is 9.97 Å². The molecule has 0 fully saturated rings. The van der Waals surface area contributed by atoms with Gasteiger partial charge in [0.05, 0.1) is 26.8 Å².